The molecule has 0 aliphatic carbocycles. The summed E-state index contributed by atoms with van der Waals surface area (Å²) in [5.74, 6) is 1.91. The van der Waals surface area contributed by atoms with Crippen LogP contribution in [0.5, 0.6) is 5.95 Å². The molecule has 0 amide bonds. The Bertz CT molecular complexity index is 570. The van der Waals surface area contributed by atoms with Crippen LogP contribution >= 0.6 is 0 Å². The van der Waals surface area contributed by atoms with Crippen molar-refractivity contribution in [3.8, 4) is 5.95 Å². The molecule has 0 N–H and O–H groups in total. The zero-order valence-electron chi connectivity index (χ0n) is 17.3. The third kappa shape index (κ3) is 7.19. The summed E-state index contributed by atoms with van der Waals surface area (Å²) in [5, 5.41) is 0.145. The van der Waals surface area contributed by atoms with Crippen LogP contribution in [0.3, 0.4) is 0 Å². The minimum atomic E-state index is -1.87. The van der Waals surface area contributed by atoms with Crippen LogP contribution in [0.25, 0.3) is 0 Å². The number of hydrogen-bond acceptors (Lipinski definition) is 4. The maximum Gasteiger partial charge on any atom is 0.270 e. The highest BCUT2D eigenvalue weighted by atomic mass is 32.2. The first-order chi connectivity index (χ1) is 11.2. The summed E-state index contributed by atoms with van der Waals surface area (Å²) < 4.78 is 27.8. The van der Waals surface area contributed by atoms with Crippen molar-refractivity contribution in [1.82, 2.24) is 0 Å². The highest BCUT2D eigenvalue weighted by molar-refractivity contribution is 7.91. The molecule has 2 atom stereocenters. The maximum atomic E-state index is 11.9. The Morgan fingerprint density at radius 3 is 2.36 bits per heavy atom. The van der Waals surface area contributed by atoms with Gasteiger partial charge in [0.2, 0.25) is 0 Å². The summed E-state index contributed by atoms with van der Waals surface area (Å²) in [6.07, 6.45) is 3.37. The van der Waals surface area contributed by atoms with Crippen molar-refractivity contribution in [3.63, 3.8) is 0 Å². The van der Waals surface area contributed by atoms with E-state index in [0.717, 1.165) is 18.6 Å². The molecule has 1 heterocycles. The van der Waals surface area contributed by atoms with Crippen LogP contribution in [0.2, 0.25) is 18.1 Å². The third-order valence-electron chi connectivity index (χ3n) is 4.55. The molecule has 4 nitrogen and oxygen atoms in total. The van der Waals surface area contributed by atoms with Crippen molar-refractivity contribution < 1.29 is 13.4 Å². The van der Waals surface area contributed by atoms with E-state index < -0.39 is 19.7 Å². The molecule has 1 rings (SSSR count). The van der Waals surface area contributed by atoms with Gasteiger partial charge in [0.05, 0.1) is 6.21 Å². The fourth-order valence-electron chi connectivity index (χ4n) is 1.80. The van der Waals surface area contributed by atoms with Gasteiger partial charge in [0.25, 0.3) is 14.3 Å². The van der Waals surface area contributed by atoms with Gasteiger partial charge < -0.3 is 13.4 Å². The lowest BCUT2D eigenvalue weighted by Gasteiger charge is -2.35. The van der Waals surface area contributed by atoms with Crippen molar-refractivity contribution in [1.29, 1.82) is 0 Å². The molecular formula is C19H35NO3SSi. The molecule has 1 aromatic heterocycles. The van der Waals surface area contributed by atoms with Crippen LogP contribution in [0, 0.1) is 5.92 Å². The molecule has 0 saturated heterocycles. The van der Waals surface area contributed by atoms with Gasteiger partial charge in [-0.2, -0.15) is 0 Å². The van der Waals surface area contributed by atoms with Gasteiger partial charge in [0.1, 0.15) is 21.9 Å². The topological polar surface area (TPSA) is 57.8 Å². The van der Waals surface area contributed by atoms with Gasteiger partial charge in [-0.15, -0.1) is 0 Å². The van der Waals surface area contributed by atoms with Gasteiger partial charge in [-0.05, 0) is 57.3 Å². The molecule has 1 aromatic rings. The fourth-order valence-corrected chi connectivity index (χ4v) is 3.26. The molecule has 0 fully saturated rings. The van der Waals surface area contributed by atoms with Crippen LogP contribution in [0.15, 0.2) is 20.9 Å². The average molecular weight is 386 g/mol. The number of rotatable bonds is 7. The molecule has 25 heavy (non-hydrogen) atoms. The molecule has 0 saturated carbocycles. The second-order valence-electron chi connectivity index (χ2n) is 9.28. The van der Waals surface area contributed by atoms with E-state index in [9.17, 15) is 4.55 Å². The second-order valence-corrected chi connectivity index (χ2v) is 15.9. The quantitative estimate of drug-likeness (QED) is 0.340. The standard InChI is InChI=1S/C19H35NO3SSi/c1-15(12-13-20-24(21)18(2,3)4)14-16-10-11-17(22-16)23-25(8,9)19(5,6)7/h10-11,13,15H,12,14H2,1-9H3. The van der Waals surface area contributed by atoms with E-state index in [1.165, 1.54) is 0 Å². The highest BCUT2D eigenvalue weighted by Crippen LogP contribution is 2.37. The normalized spacial score (nSPS) is 16.2. The molecular weight excluding hydrogens is 350 g/mol. The lowest BCUT2D eigenvalue weighted by atomic mass is 10.0. The van der Waals surface area contributed by atoms with Crippen LogP contribution < -0.4 is 4.43 Å². The molecule has 0 radical (unpaired) electrons. The molecule has 0 aromatic carbocycles. The Kier molecular flexibility index (Phi) is 7.42. The molecule has 144 valence electrons. The van der Waals surface area contributed by atoms with E-state index >= 15 is 0 Å². The molecule has 0 bridgehead atoms. The first-order valence-electron chi connectivity index (χ1n) is 8.94. The van der Waals surface area contributed by atoms with E-state index in [1.807, 2.05) is 32.9 Å². The lowest BCUT2D eigenvalue weighted by Crippen LogP contribution is -2.43. The van der Waals surface area contributed by atoms with Crippen LogP contribution in [-0.4, -0.2) is 23.8 Å². The zero-order valence-corrected chi connectivity index (χ0v) is 19.1. The van der Waals surface area contributed by atoms with Gasteiger partial charge >= 0.3 is 0 Å². The maximum absolute atomic E-state index is 11.9. The summed E-state index contributed by atoms with van der Waals surface area (Å²) in [6.45, 7) is 19.0. The predicted octanol–water partition coefficient (Wildman–Crippen LogP) is 5.77. The largest absolute Gasteiger partial charge is 0.591 e. The van der Waals surface area contributed by atoms with Crippen molar-refractivity contribution >= 4 is 25.9 Å². The summed E-state index contributed by atoms with van der Waals surface area (Å²) in [5.41, 5.74) is 0. The third-order valence-corrected chi connectivity index (χ3v) is 10.3. The Morgan fingerprint density at radius 2 is 1.84 bits per heavy atom. The Labute approximate surface area is 157 Å². The zero-order chi connectivity index (χ0) is 19.5. The summed E-state index contributed by atoms with van der Waals surface area (Å²) in [4.78, 5) is 0. The van der Waals surface area contributed by atoms with Gasteiger partial charge in [-0.3, -0.25) is 0 Å². The van der Waals surface area contributed by atoms with Gasteiger partial charge in [-0.25, -0.2) is 0 Å². The van der Waals surface area contributed by atoms with E-state index in [0.29, 0.717) is 11.9 Å². The van der Waals surface area contributed by atoms with Gasteiger partial charge in [0.15, 0.2) is 0 Å². The smallest absolute Gasteiger partial charge is 0.270 e. The minimum Gasteiger partial charge on any atom is -0.591 e. The summed E-state index contributed by atoms with van der Waals surface area (Å²) in [6, 6.07) is 3.91. The van der Waals surface area contributed by atoms with Crippen molar-refractivity contribution in [2.24, 2.45) is 10.3 Å². The van der Waals surface area contributed by atoms with Crippen LogP contribution in [-0.2, 0) is 17.8 Å². The van der Waals surface area contributed by atoms with Gasteiger partial charge in [-0.1, -0.05) is 32.1 Å². The molecule has 0 aliphatic heterocycles. The average Bonchev–Trinajstić information content (AvgIpc) is 2.82. The van der Waals surface area contributed by atoms with Crippen LogP contribution in [0.1, 0.15) is 60.6 Å². The van der Waals surface area contributed by atoms with Gasteiger partial charge in [0, 0.05) is 12.5 Å². The predicted molar refractivity (Wildman–Crippen MR) is 110 cm³/mol. The Balaban J connectivity index is 2.56. The number of furan rings is 1. The highest BCUT2D eigenvalue weighted by Gasteiger charge is 2.39. The van der Waals surface area contributed by atoms with Crippen molar-refractivity contribution in [2.75, 3.05) is 0 Å². The first kappa shape index (κ1) is 22.3. The second kappa shape index (κ2) is 8.31. The SMILES string of the molecule is CC(CC=N[S+]([O-])C(C)(C)C)Cc1ccc(O[Si](C)(C)C(C)(C)C)o1. The number of hydrogen-bond donors (Lipinski definition) is 0. The Morgan fingerprint density at radius 1 is 1.24 bits per heavy atom. The fraction of sp³-hybridized carbons (Fsp3) is 0.737. The van der Waals surface area contributed by atoms with E-state index in [4.69, 9.17) is 8.84 Å². The van der Waals surface area contributed by atoms with E-state index in [1.54, 1.807) is 6.21 Å². The number of nitrogens with zero attached hydrogens (tertiary/aromatic N) is 1. The summed E-state index contributed by atoms with van der Waals surface area (Å²) >= 11 is -1.19. The monoisotopic (exact) mass is 385 g/mol. The molecule has 0 aliphatic rings. The van der Waals surface area contributed by atoms with Crippen molar-refractivity contribution in [2.45, 2.75) is 84.2 Å². The lowest BCUT2D eigenvalue weighted by molar-refractivity contribution is 0.343. The molecule has 6 heteroatoms. The summed E-state index contributed by atoms with van der Waals surface area (Å²) in [7, 11) is -1.87. The first-order valence-corrected chi connectivity index (χ1v) is 13.0. The van der Waals surface area contributed by atoms with Crippen molar-refractivity contribution in [3.05, 3.63) is 17.9 Å². The van der Waals surface area contributed by atoms with Crippen LogP contribution in [0.4, 0.5) is 0 Å². The molecule has 2 unspecified atom stereocenters. The molecule has 0 spiro atoms. The minimum absolute atomic E-state index is 0.145. The Hall–Kier alpha value is -0.723. The van der Waals surface area contributed by atoms with E-state index in [-0.39, 0.29) is 9.79 Å². The van der Waals surface area contributed by atoms with E-state index in [2.05, 4.69) is 45.2 Å².